The number of benzene rings is 1. The minimum atomic E-state index is -0.641. The lowest BCUT2D eigenvalue weighted by Gasteiger charge is -2.62. The van der Waals surface area contributed by atoms with Crippen LogP contribution in [0.5, 0.6) is 0 Å². The number of nitrogens with zero attached hydrogens (tertiary/aromatic N) is 1. The smallest absolute Gasteiger partial charge is 0.112 e. The van der Waals surface area contributed by atoms with Crippen LogP contribution in [0.2, 0.25) is 0 Å². The Morgan fingerprint density at radius 3 is 2.45 bits per heavy atom. The van der Waals surface area contributed by atoms with E-state index in [0.29, 0.717) is 0 Å². The van der Waals surface area contributed by atoms with Gasteiger partial charge >= 0.3 is 0 Å². The molecule has 2 atom stereocenters. The molecule has 0 spiro atoms. The van der Waals surface area contributed by atoms with Crippen LogP contribution in [0.25, 0.3) is 0 Å². The van der Waals surface area contributed by atoms with Crippen molar-refractivity contribution in [2.75, 3.05) is 26.3 Å². The second-order valence-electron chi connectivity index (χ2n) is 6.43. The first-order valence-corrected chi connectivity index (χ1v) is 7.94. The van der Waals surface area contributed by atoms with E-state index in [1.807, 2.05) is 0 Å². The molecule has 0 radical (unpaired) electrons. The molecule has 3 heteroatoms. The zero-order valence-corrected chi connectivity index (χ0v) is 12.0. The molecule has 0 unspecified atom stereocenters. The van der Waals surface area contributed by atoms with Crippen LogP contribution in [0.4, 0.5) is 0 Å². The molecule has 1 heterocycles. The van der Waals surface area contributed by atoms with Crippen LogP contribution in [0.15, 0.2) is 24.3 Å². The van der Waals surface area contributed by atoms with Crippen molar-refractivity contribution in [3.63, 3.8) is 0 Å². The average Bonchev–Trinajstić information content (AvgIpc) is 2.65. The van der Waals surface area contributed by atoms with Crippen molar-refractivity contribution in [1.29, 1.82) is 0 Å². The first kappa shape index (κ1) is 12.8. The summed E-state index contributed by atoms with van der Waals surface area (Å²) in [6.07, 6.45) is 5.58. The predicted octanol–water partition coefficient (Wildman–Crippen LogP) is 2.38. The number of rotatable bonds is 1. The van der Waals surface area contributed by atoms with Crippen LogP contribution in [0.1, 0.15) is 43.2 Å². The van der Waals surface area contributed by atoms with Gasteiger partial charge in [0.15, 0.2) is 0 Å². The number of hydrogen-bond acceptors (Lipinski definition) is 3. The fourth-order valence-electron chi connectivity index (χ4n) is 4.74. The molecule has 3 aliphatic rings. The van der Waals surface area contributed by atoms with Gasteiger partial charge in [0.2, 0.25) is 0 Å². The third-order valence-corrected chi connectivity index (χ3v) is 5.63. The van der Waals surface area contributed by atoms with Crippen LogP contribution in [-0.4, -0.2) is 36.3 Å². The number of hydrogen-bond donors (Lipinski definition) is 1. The van der Waals surface area contributed by atoms with Crippen molar-refractivity contribution in [3.8, 4) is 0 Å². The molecule has 108 valence electrons. The molecule has 1 aromatic carbocycles. The number of morpholine rings is 1. The third-order valence-electron chi connectivity index (χ3n) is 5.63. The molecular formula is C17H23NO2. The molecule has 4 rings (SSSR count). The van der Waals surface area contributed by atoms with Gasteiger partial charge < -0.3 is 9.84 Å². The highest BCUT2D eigenvalue weighted by Gasteiger charge is 2.64. The highest BCUT2D eigenvalue weighted by atomic mass is 16.5. The maximum Gasteiger partial charge on any atom is 0.112 e. The van der Waals surface area contributed by atoms with Gasteiger partial charge in [-0.3, -0.25) is 4.90 Å². The van der Waals surface area contributed by atoms with Gasteiger partial charge in [0, 0.05) is 13.1 Å². The van der Waals surface area contributed by atoms with E-state index in [4.69, 9.17) is 4.74 Å². The second kappa shape index (κ2) is 4.55. The summed E-state index contributed by atoms with van der Waals surface area (Å²) in [5.41, 5.74) is 1.75. The van der Waals surface area contributed by atoms with E-state index in [0.717, 1.165) is 45.6 Å². The summed E-state index contributed by atoms with van der Waals surface area (Å²) in [7, 11) is 0. The monoisotopic (exact) mass is 273 g/mol. The molecule has 2 fully saturated rings. The van der Waals surface area contributed by atoms with E-state index in [-0.39, 0.29) is 5.54 Å². The molecule has 0 aromatic heterocycles. The number of fused-ring (bicyclic) bond motifs is 4. The van der Waals surface area contributed by atoms with Crippen molar-refractivity contribution in [2.24, 2.45) is 0 Å². The molecule has 0 amide bonds. The molecule has 1 aromatic rings. The molecule has 0 bridgehead atoms. The zero-order chi connectivity index (χ0) is 13.6. The van der Waals surface area contributed by atoms with Crippen molar-refractivity contribution in [2.45, 2.75) is 43.2 Å². The Morgan fingerprint density at radius 1 is 0.950 bits per heavy atom. The molecular weight excluding hydrogens is 250 g/mol. The van der Waals surface area contributed by atoms with Gasteiger partial charge in [0.25, 0.3) is 0 Å². The quantitative estimate of drug-likeness (QED) is 0.852. The summed E-state index contributed by atoms with van der Waals surface area (Å²) in [6.45, 7) is 3.47. The van der Waals surface area contributed by atoms with Crippen molar-refractivity contribution in [3.05, 3.63) is 35.4 Å². The molecule has 20 heavy (non-hydrogen) atoms. The van der Waals surface area contributed by atoms with Crippen LogP contribution >= 0.6 is 0 Å². The van der Waals surface area contributed by atoms with E-state index in [2.05, 4.69) is 29.2 Å². The van der Waals surface area contributed by atoms with Crippen molar-refractivity contribution < 1.29 is 9.84 Å². The topological polar surface area (TPSA) is 32.7 Å². The Hall–Kier alpha value is -0.900. The van der Waals surface area contributed by atoms with Crippen molar-refractivity contribution >= 4 is 0 Å². The maximum atomic E-state index is 11.5. The SMILES string of the molecule is O[C@]12CCCCC[C@]1(N1CCOCC1)c1ccccc12. The van der Waals surface area contributed by atoms with Crippen LogP contribution in [-0.2, 0) is 15.9 Å². The molecule has 1 saturated carbocycles. The lowest BCUT2D eigenvalue weighted by atomic mass is 9.55. The highest BCUT2D eigenvalue weighted by Crippen LogP contribution is 2.62. The fourth-order valence-corrected chi connectivity index (χ4v) is 4.74. The Morgan fingerprint density at radius 2 is 1.65 bits per heavy atom. The third kappa shape index (κ3) is 1.46. The molecule has 1 N–H and O–H groups in total. The number of ether oxygens (including phenoxy) is 1. The average molecular weight is 273 g/mol. The minimum absolute atomic E-state index is 0.149. The molecule has 1 aliphatic heterocycles. The highest BCUT2D eigenvalue weighted by molar-refractivity contribution is 5.52. The van der Waals surface area contributed by atoms with E-state index in [9.17, 15) is 5.11 Å². The lowest BCUT2D eigenvalue weighted by Crippen LogP contribution is -2.68. The summed E-state index contributed by atoms with van der Waals surface area (Å²) in [5.74, 6) is 0. The zero-order valence-electron chi connectivity index (χ0n) is 12.0. The lowest BCUT2D eigenvalue weighted by molar-refractivity contribution is -0.179. The Kier molecular flexibility index (Phi) is 2.92. The largest absolute Gasteiger partial charge is 0.383 e. The minimum Gasteiger partial charge on any atom is -0.383 e. The predicted molar refractivity (Wildman–Crippen MR) is 77.5 cm³/mol. The Balaban J connectivity index is 1.84. The fraction of sp³-hybridized carbons (Fsp3) is 0.647. The molecule has 1 saturated heterocycles. The Bertz CT molecular complexity index is 511. The van der Waals surface area contributed by atoms with E-state index >= 15 is 0 Å². The summed E-state index contributed by atoms with van der Waals surface area (Å²) in [6, 6.07) is 8.53. The van der Waals surface area contributed by atoms with Gasteiger partial charge in [0.05, 0.1) is 18.8 Å². The summed E-state index contributed by atoms with van der Waals surface area (Å²) in [4.78, 5) is 2.50. The van der Waals surface area contributed by atoms with Crippen LogP contribution in [0, 0.1) is 0 Å². The van der Waals surface area contributed by atoms with Crippen LogP contribution < -0.4 is 0 Å². The maximum absolute atomic E-state index is 11.5. The standard InChI is InChI=1S/C17H23NO2/c19-17-9-5-1-4-8-16(17,18-10-12-20-13-11-18)14-6-2-3-7-15(14)17/h2-3,6-7,19H,1,4-5,8-13H2/t16-,17-/m0/s1. The van der Waals surface area contributed by atoms with E-state index in [1.54, 1.807) is 0 Å². The van der Waals surface area contributed by atoms with Gasteiger partial charge in [-0.05, 0) is 24.0 Å². The van der Waals surface area contributed by atoms with E-state index in [1.165, 1.54) is 24.0 Å². The molecule has 3 nitrogen and oxygen atoms in total. The first-order valence-electron chi connectivity index (χ1n) is 7.94. The Labute approximate surface area is 120 Å². The summed E-state index contributed by atoms with van der Waals surface area (Å²) < 4.78 is 5.52. The first-order chi connectivity index (χ1) is 9.79. The van der Waals surface area contributed by atoms with Gasteiger partial charge in [0.1, 0.15) is 5.60 Å². The second-order valence-corrected chi connectivity index (χ2v) is 6.43. The van der Waals surface area contributed by atoms with Crippen LogP contribution in [0.3, 0.4) is 0 Å². The van der Waals surface area contributed by atoms with Gasteiger partial charge in [-0.15, -0.1) is 0 Å². The number of aliphatic hydroxyl groups is 1. The molecule has 2 aliphatic carbocycles. The van der Waals surface area contributed by atoms with Gasteiger partial charge in [-0.2, -0.15) is 0 Å². The normalized spacial score (nSPS) is 37.5. The van der Waals surface area contributed by atoms with Crippen molar-refractivity contribution in [1.82, 2.24) is 4.90 Å². The van der Waals surface area contributed by atoms with Gasteiger partial charge in [-0.1, -0.05) is 43.5 Å². The van der Waals surface area contributed by atoms with Gasteiger partial charge in [-0.25, -0.2) is 0 Å². The summed E-state index contributed by atoms with van der Waals surface area (Å²) in [5, 5.41) is 11.5. The van der Waals surface area contributed by atoms with E-state index < -0.39 is 5.60 Å². The summed E-state index contributed by atoms with van der Waals surface area (Å²) >= 11 is 0.